The summed E-state index contributed by atoms with van der Waals surface area (Å²) in [5, 5.41) is 13.8. The summed E-state index contributed by atoms with van der Waals surface area (Å²) in [6, 6.07) is 8.73. The minimum Gasteiger partial charge on any atom is -0.497 e. The summed E-state index contributed by atoms with van der Waals surface area (Å²) in [7, 11) is -1.12. The molecule has 0 unspecified atom stereocenters. The van der Waals surface area contributed by atoms with E-state index in [0.29, 0.717) is 29.8 Å². The lowest BCUT2D eigenvalue weighted by Gasteiger charge is -2.31. The van der Waals surface area contributed by atoms with Gasteiger partial charge in [-0.1, -0.05) is 6.07 Å². The number of carbonyl (C=O) groups is 1. The highest BCUT2D eigenvalue weighted by atomic mass is 32.2. The van der Waals surface area contributed by atoms with Crippen LogP contribution in [0.5, 0.6) is 11.5 Å². The van der Waals surface area contributed by atoms with Crippen LogP contribution in [0.25, 0.3) is 0 Å². The first-order valence-corrected chi connectivity index (χ1v) is 11.4. The van der Waals surface area contributed by atoms with E-state index in [1.807, 2.05) is 0 Å². The number of nitro benzene ring substituents is 1. The molecule has 11 heteroatoms. The molecule has 0 aromatic heterocycles. The lowest BCUT2D eigenvalue weighted by Crippen LogP contribution is -2.43. The maximum Gasteiger partial charge on any atom is 0.271 e. The maximum atomic E-state index is 13.3. The zero-order chi connectivity index (χ0) is 23.5. The molecule has 0 radical (unpaired) electrons. The lowest BCUT2D eigenvalue weighted by molar-refractivity contribution is -0.384. The fourth-order valence-electron chi connectivity index (χ4n) is 3.59. The fraction of sp³-hybridized carbons (Fsp3) is 0.381. The number of aryl methyl sites for hydroxylation is 1. The Labute approximate surface area is 186 Å². The zero-order valence-electron chi connectivity index (χ0n) is 18.0. The van der Waals surface area contributed by atoms with Gasteiger partial charge in [0, 0.05) is 31.3 Å². The van der Waals surface area contributed by atoms with Crippen molar-refractivity contribution in [2.24, 2.45) is 5.92 Å². The molecule has 172 valence electrons. The number of carbonyl (C=O) groups excluding carboxylic acids is 1. The molecule has 1 saturated heterocycles. The van der Waals surface area contributed by atoms with E-state index in [4.69, 9.17) is 9.47 Å². The van der Waals surface area contributed by atoms with E-state index in [0.717, 1.165) is 0 Å². The van der Waals surface area contributed by atoms with Crippen LogP contribution in [0.4, 0.5) is 11.4 Å². The molecule has 1 atom stereocenters. The van der Waals surface area contributed by atoms with Crippen LogP contribution in [0, 0.1) is 23.0 Å². The number of rotatable bonds is 7. The monoisotopic (exact) mass is 463 g/mol. The minimum absolute atomic E-state index is 0.0114. The molecule has 0 spiro atoms. The van der Waals surface area contributed by atoms with Crippen LogP contribution in [0.15, 0.2) is 41.3 Å². The third-order valence-electron chi connectivity index (χ3n) is 5.43. The minimum atomic E-state index is -3.94. The number of hydrogen-bond acceptors (Lipinski definition) is 7. The van der Waals surface area contributed by atoms with E-state index in [2.05, 4.69) is 5.32 Å². The van der Waals surface area contributed by atoms with Gasteiger partial charge in [-0.15, -0.1) is 0 Å². The molecule has 1 N–H and O–H groups in total. The van der Waals surface area contributed by atoms with Gasteiger partial charge in [0.2, 0.25) is 15.9 Å². The van der Waals surface area contributed by atoms with Crippen LogP contribution in [-0.4, -0.2) is 50.9 Å². The molecule has 1 amide bonds. The summed E-state index contributed by atoms with van der Waals surface area (Å²) in [4.78, 5) is 23.4. The quantitative estimate of drug-likeness (QED) is 0.494. The van der Waals surface area contributed by atoms with Gasteiger partial charge in [0.15, 0.2) is 0 Å². The number of ether oxygens (including phenoxy) is 2. The normalized spacial score (nSPS) is 16.9. The molecule has 1 aliphatic rings. The first kappa shape index (κ1) is 23.5. The van der Waals surface area contributed by atoms with Gasteiger partial charge < -0.3 is 14.8 Å². The standard InChI is InChI=1S/C21H25N3O7S/c1-14-6-7-16(24(26)27)11-18(14)22-21(25)15-5-4-10-23(13-15)32(28,29)20-12-17(30-2)8-9-19(20)31-3/h6-9,11-12,15H,4-5,10,13H2,1-3H3,(H,22,25)/t15-/m0/s1. The van der Waals surface area contributed by atoms with Crippen LogP contribution in [0.2, 0.25) is 0 Å². The van der Waals surface area contributed by atoms with Crippen molar-refractivity contribution in [1.29, 1.82) is 0 Å². The first-order chi connectivity index (χ1) is 15.2. The fourth-order valence-corrected chi connectivity index (χ4v) is 5.29. The number of benzene rings is 2. The molecule has 2 aromatic carbocycles. The number of anilines is 1. The van der Waals surface area contributed by atoms with E-state index in [9.17, 15) is 23.3 Å². The third kappa shape index (κ3) is 4.83. The van der Waals surface area contributed by atoms with Gasteiger partial charge in [0.1, 0.15) is 16.4 Å². The average molecular weight is 464 g/mol. The highest BCUT2D eigenvalue weighted by Gasteiger charge is 2.35. The Kier molecular flexibility index (Phi) is 6.99. The molecule has 0 bridgehead atoms. The second-order valence-corrected chi connectivity index (χ2v) is 9.37. The second-order valence-electron chi connectivity index (χ2n) is 7.46. The van der Waals surface area contributed by atoms with Gasteiger partial charge in [-0.2, -0.15) is 4.31 Å². The van der Waals surface area contributed by atoms with Crippen molar-refractivity contribution < 1.29 is 27.6 Å². The van der Waals surface area contributed by atoms with Crippen molar-refractivity contribution in [3.63, 3.8) is 0 Å². The number of nitro groups is 1. The van der Waals surface area contributed by atoms with E-state index < -0.39 is 20.9 Å². The summed E-state index contributed by atoms with van der Waals surface area (Å²) >= 11 is 0. The SMILES string of the molecule is COc1ccc(OC)c(S(=O)(=O)N2CCC[C@H](C(=O)Nc3cc([N+](=O)[O-])ccc3C)C2)c1. The molecule has 1 heterocycles. The van der Waals surface area contributed by atoms with Crippen molar-refractivity contribution in [3.05, 3.63) is 52.1 Å². The van der Waals surface area contributed by atoms with Gasteiger partial charge in [-0.05, 0) is 37.5 Å². The molecule has 3 rings (SSSR count). The molecular weight excluding hydrogens is 438 g/mol. The van der Waals surface area contributed by atoms with Crippen molar-refractivity contribution in [3.8, 4) is 11.5 Å². The van der Waals surface area contributed by atoms with Crippen molar-refractivity contribution >= 4 is 27.3 Å². The Morgan fingerprint density at radius 1 is 1.19 bits per heavy atom. The van der Waals surface area contributed by atoms with E-state index in [1.165, 1.54) is 42.8 Å². The van der Waals surface area contributed by atoms with Crippen molar-refractivity contribution in [2.45, 2.75) is 24.7 Å². The number of piperidine rings is 1. The molecule has 0 saturated carbocycles. The molecule has 0 aliphatic carbocycles. The summed E-state index contributed by atoms with van der Waals surface area (Å²) < 4.78 is 38.3. The van der Waals surface area contributed by atoms with Gasteiger partial charge in [0.25, 0.3) is 5.69 Å². The van der Waals surface area contributed by atoms with Crippen LogP contribution in [0.1, 0.15) is 18.4 Å². The number of nitrogens with zero attached hydrogens (tertiary/aromatic N) is 2. The molecule has 32 heavy (non-hydrogen) atoms. The van der Waals surface area contributed by atoms with Crippen LogP contribution >= 0.6 is 0 Å². The third-order valence-corrected chi connectivity index (χ3v) is 7.32. The molecule has 10 nitrogen and oxygen atoms in total. The maximum absolute atomic E-state index is 13.3. The summed E-state index contributed by atoms with van der Waals surface area (Å²) in [5.74, 6) is -0.429. The Morgan fingerprint density at radius 2 is 1.94 bits per heavy atom. The number of amides is 1. The topological polar surface area (TPSA) is 128 Å². The Bertz CT molecular complexity index is 1130. The Hall–Kier alpha value is -3.18. The zero-order valence-corrected chi connectivity index (χ0v) is 18.8. The lowest BCUT2D eigenvalue weighted by atomic mass is 9.98. The van der Waals surface area contributed by atoms with Crippen molar-refractivity contribution in [2.75, 3.05) is 32.6 Å². The highest BCUT2D eigenvalue weighted by molar-refractivity contribution is 7.89. The predicted molar refractivity (Wildman–Crippen MR) is 117 cm³/mol. The summed E-state index contributed by atoms with van der Waals surface area (Å²) in [5.41, 5.74) is 0.868. The first-order valence-electron chi connectivity index (χ1n) is 9.95. The number of non-ortho nitro benzene ring substituents is 1. The van der Waals surface area contributed by atoms with Gasteiger partial charge in [-0.3, -0.25) is 14.9 Å². The van der Waals surface area contributed by atoms with E-state index >= 15 is 0 Å². The van der Waals surface area contributed by atoms with Gasteiger partial charge in [0.05, 0.1) is 30.7 Å². The van der Waals surface area contributed by atoms with Crippen molar-refractivity contribution in [1.82, 2.24) is 4.31 Å². The largest absolute Gasteiger partial charge is 0.497 e. The van der Waals surface area contributed by atoms with Gasteiger partial charge >= 0.3 is 0 Å². The van der Waals surface area contributed by atoms with Crippen LogP contribution in [-0.2, 0) is 14.8 Å². The van der Waals surface area contributed by atoms with Gasteiger partial charge in [-0.25, -0.2) is 8.42 Å². The summed E-state index contributed by atoms with van der Waals surface area (Å²) in [6.45, 7) is 1.98. The molecule has 2 aromatic rings. The molecule has 1 fully saturated rings. The van der Waals surface area contributed by atoms with E-state index in [1.54, 1.807) is 19.1 Å². The molecular formula is C21H25N3O7S. The van der Waals surface area contributed by atoms with E-state index in [-0.39, 0.29) is 35.3 Å². The second kappa shape index (κ2) is 9.53. The smallest absolute Gasteiger partial charge is 0.271 e. The van der Waals surface area contributed by atoms with Crippen LogP contribution in [0.3, 0.4) is 0 Å². The average Bonchev–Trinajstić information content (AvgIpc) is 2.79. The highest BCUT2D eigenvalue weighted by Crippen LogP contribution is 2.33. The number of methoxy groups -OCH3 is 2. The number of hydrogen-bond donors (Lipinski definition) is 1. The Morgan fingerprint density at radius 3 is 2.59 bits per heavy atom. The number of nitrogens with one attached hydrogen (secondary N) is 1. The predicted octanol–water partition coefficient (Wildman–Crippen LogP) is 2.96. The number of sulfonamides is 1. The molecule has 1 aliphatic heterocycles. The Balaban J connectivity index is 1.82. The van der Waals surface area contributed by atoms with Crippen LogP contribution < -0.4 is 14.8 Å². The summed E-state index contributed by atoms with van der Waals surface area (Å²) in [6.07, 6.45) is 0.999.